The van der Waals surface area contributed by atoms with Gasteiger partial charge in [0.1, 0.15) is 24.4 Å². The molecule has 0 radical (unpaired) electrons. The molecule has 0 amide bonds. The molecule has 0 aromatic rings. The predicted octanol–water partition coefficient (Wildman–Crippen LogP) is 1.57. The summed E-state index contributed by atoms with van der Waals surface area (Å²) in [6.07, 6.45) is 0.410. The standard InChI is InChI=1S/C13H20O5/c1-6-7-8-9(16-12(2,3)15-8)10-11(14-7)18-13(4,5)17-10/h6-11H,1H2,2-5H3/t7-,8+,9+,10-,11-/m0/s1. The van der Waals surface area contributed by atoms with Gasteiger partial charge in [-0.1, -0.05) is 6.08 Å². The molecular formula is C13H20O5. The van der Waals surface area contributed by atoms with E-state index >= 15 is 0 Å². The molecule has 3 aliphatic rings. The van der Waals surface area contributed by atoms with Crippen LogP contribution in [0.3, 0.4) is 0 Å². The summed E-state index contributed by atoms with van der Waals surface area (Å²) in [4.78, 5) is 0. The van der Waals surface area contributed by atoms with Crippen LogP contribution in [0.5, 0.6) is 0 Å². The molecule has 0 N–H and O–H groups in total. The first kappa shape index (κ1) is 12.6. The van der Waals surface area contributed by atoms with Crippen molar-refractivity contribution in [3.8, 4) is 0 Å². The first-order chi connectivity index (χ1) is 8.31. The highest BCUT2D eigenvalue weighted by Crippen LogP contribution is 2.44. The zero-order chi connectivity index (χ0) is 13.1. The first-order valence-corrected chi connectivity index (χ1v) is 6.31. The molecule has 5 nitrogen and oxygen atoms in total. The summed E-state index contributed by atoms with van der Waals surface area (Å²) in [5, 5.41) is 0. The van der Waals surface area contributed by atoms with Crippen molar-refractivity contribution in [3.05, 3.63) is 12.7 Å². The van der Waals surface area contributed by atoms with Crippen molar-refractivity contribution in [2.45, 2.75) is 70.0 Å². The normalized spacial score (nSPS) is 48.6. The van der Waals surface area contributed by atoms with E-state index in [-0.39, 0.29) is 24.4 Å². The van der Waals surface area contributed by atoms with Crippen molar-refractivity contribution in [2.75, 3.05) is 0 Å². The van der Waals surface area contributed by atoms with Gasteiger partial charge < -0.3 is 23.7 Å². The Hall–Kier alpha value is -0.460. The van der Waals surface area contributed by atoms with E-state index in [9.17, 15) is 0 Å². The highest BCUT2D eigenvalue weighted by atomic mass is 16.9. The minimum absolute atomic E-state index is 0.191. The summed E-state index contributed by atoms with van der Waals surface area (Å²) in [5.74, 6) is -1.29. The maximum atomic E-state index is 5.94. The average molecular weight is 256 g/mol. The molecule has 5 atom stereocenters. The highest BCUT2D eigenvalue weighted by molar-refractivity contribution is 5.04. The molecule has 102 valence electrons. The SMILES string of the molecule is C=C[C@@H]1O[C@H]2OC(C)(C)O[C@H]2[C@@H]2OC(C)(C)O[C@@H]21. The second kappa shape index (κ2) is 3.77. The minimum Gasteiger partial charge on any atom is -0.342 e. The maximum Gasteiger partial charge on any atom is 0.190 e. The third kappa shape index (κ3) is 1.90. The maximum absolute atomic E-state index is 5.94. The fourth-order valence-electron chi connectivity index (χ4n) is 2.83. The van der Waals surface area contributed by atoms with Crippen LogP contribution in [0.15, 0.2) is 12.7 Å². The van der Waals surface area contributed by atoms with Crippen LogP contribution in [0, 0.1) is 0 Å². The fourth-order valence-corrected chi connectivity index (χ4v) is 2.83. The fraction of sp³-hybridized carbons (Fsp3) is 0.846. The van der Waals surface area contributed by atoms with E-state index in [1.165, 1.54) is 0 Å². The van der Waals surface area contributed by atoms with Crippen LogP contribution in [0.25, 0.3) is 0 Å². The Morgan fingerprint density at radius 3 is 2.06 bits per heavy atom. The molecule has 0 saturated carbocycles. The topological polar surface area (TPSA) is 46.2 Å². The van der Waals surface area contributed by atoms with E-state index in [0.29, 0.717) is 0 Å². The summed E-state index contributed by atoms with van der Waals surface area (Å²) >= 11 is 0. The van der Waals surface area contributed by atoms with Gasteiger partial charge >= 0.3 is 0 Å². The summed E-state index contributed by atoms with van der Waals surface area (Å²) in [7, 11) is 0. The molecule has 0 bridgehead atoms. The van der Waals surface area contributed by atoms with Crippen LogP contribution in [0.2, 0.25) is 0 Å². The Labute approximate surface area is 107 Å². The number of hydrogen-bond acceptors (Lipinski definition) is 5. The molecule has 0 unspecified atom stereocenters. The third-order valence-corrected chi connectivity index (χ3v) is 3.42. The van der Waals surface area contributed by atoms with Gasteiger partial charge in [-0.2, -0.15) is 0 Å². The van der Waals surface area contributed by atoms with Crippen LogP contribution in [0.1, 0.15) is 27.7 Å². The lowest BCUT2D eigenvalue weighted by atomic mass is 9.99. The van der Waals surface area contributed by atoms with Crippen molar-refractivity contribution in [1.82, 2.24) is 0 Å². The molecule has 5 heteroatoms. The monoisotopic (exact) mass is 256 g/mol. The van der Waals surface area contributed by atoms with Gasteiger partial charge in [-0.05, 0) is 27.7 Å². The molecule has 0 aromatic heterocycles. The Morgan fingerprint density at radius 1 is 0.833 bits per heavy atom. The molecule has 0 aliphatic carbocycles. The van der Waals surface area contributed by atoms with Gasteiger partial charge in [-0.25, -0.2) is 0 Å². The van der Waals surface area contributed by atoms with E-state index < -0.39 is 17.9 Å². The summed E-state index contributed by atoms with van der Waals surface area (Å²) in [5.41, 5.74) is 0. The molecule has 3 fully saturated rings. The van der Waals surface area contributed by atoms with Gasteiger partial charge in [0.05, 0.1) is 0 Å². The van der Waals surface area contributed by atoms with E-state index in [1.54, 1.807) is 6.08 Å². The summed E-state index contributed by atoms with van der Waals surface area (Å²) in [6.45, 7) is 11.3. The van der Waals surface area contributed by atoms with Crippen molar-refractivity contribution in [3.63, 3.8) is 0 Å². The van der Waals surface area contributed by atoms with Gasteiger partial charge in [0.15, 0.2) is 17.9 Å². The van der Waals surface area contributed by atoms with E-state index in [2.05, 4.69) is 6.58 Å². The van der Waals surface area contributed by atoms with E-state index in [0.717, 1.165) is 0 Å². The lowest BCUT2D eigenvalue weighted by molar-refractivity contribution is -0.222. The molecule has 0 aromatic carbocycles. The minimum atomic E-state index is -0.661. The largest absolute Gasteiger partial charge is 0.342 e. The second-order valence-corrected chi connectivity index (χ2v) is 5.87. The first-order valence-electron chi connectivity index (χ1n) is 6.31. The van der Waals surface area contributed by atoms with Gasteiger partial charge in [0.25, 0.3) is 0 Å². The van der Waals surface area contributed by atoms with Crippen LogP contribution < -0.4 is 0 Å². The van der Waals surface area contributed by atoms with Crippen LogP contribution in [0.4, 0.5) is 0 Å². The molecular weight excluding hydrogens is 236 g/mol. The Balaban J connectivity index is 1.89. The molecule has 3 rings (SSSR count). The smallest absolute Gasteiger partial charge is 0.190 e. The Kier molecular flexibility index (Phi) is 2.63. The Bertz CT molecular complexity index is 364. The molecule has 3 aliphatic heterocycles. The van der Waals surface area contributed by atoms with Crippen LogP contribution in [-0.4, -0.2) is 42.3 Å². The summed E-state index contributed by atoms with van der Waals surface area (Å²) < 4.78 is 29.2. The van der Waals surface area contributed by atoms with E-state index in [4.69, 9.17) is 23.7 Å². The van der Waals surface area contributed by atoms with Crippen molar-refractivity contribution >= 4 is 0 Å². The van der Waals surface area contributed by atoms with Crippen molar-refractivity contribution < 1.29 is 23.7 Å². The van der Waals surface area contributed by atoms with Crippen LogP contribution >= 0.6 is 0 Å². The number of ether oxygens (including phenoxy) is 5. The quantitative estimate of drug-likeness (QED) is 0.666. The van der Waals surface area contributed by atoms with Gasteiger partial charge in [-0.3, -0.25) is 0 Å². The van der Waals surface area contributed by atoms with Gasteiger partial charge in [0.2, 0.25) is 0 Å². The van der Waals surface area contributed by atoms with E-state index in [1.807, 2.05) is 27.7 Å². The molecule has 3 saturated heterocycles. The molecule has 0 spiro atoms. The zero-order valence-corrected chi connectivity index (χ0v) is 11.2. The molecule has 3 heterocycles. The summed E-state index contributed by atoms with van der Waals surface area (Å²) in [6, 6.07) is 0. The lowest BCUT2D eigenvalue weighted by Gasteiger charge is -2.35. The number of fused-ring (bicyclic) bond motifs is 3. The van der Waals surface area contributed by atoms with Gasteiger partial charge in [-0.15, -0.1) is 6.58 Å². The zero-order valence-electron chi connectivity index (χ0n) is 11.2. The second-order valence-electron chi connectivity index (χ2n) is 5.87. The third-order valence-electron chi connectivity index (χ3n) is 3.42. The number of hydrogen-bond donors (Lipinski definition) is 0. The Morgan fingerprint density at radius 2 is 1.39 bits per heavy atom. The van der Waals surface area contributed by atoms with Crippen LogP contribution in [-0.2, 0) is 23.7 Å². The van der Waals surface area contributed by atoms with Crippen molar-refractivity contribution in [1.29, 1.82) is 0 Å². The predicted molar refractivity (Wildman–Crippen MR) is 62.7 cm³/mol. The number of rotatable bonds is 1. The highest BCUT2D eigenvalue weighted by Gasteiger charge is 2.60. The average Bonchev–Trinajstić information content (AvgIpc) is 2.71. The van der Waals surface area contributed by atoms with Gasteiger partial charge in [0, 0.05) is 0 Å². The molecule has 18 heavy (non-hydrogen) atoms. The van der Waals surface area contributed by atoms with Crippen molar-refractivity contribution in [2.24, 2.45) is 0 Å². The lowest BCUT2D eigenvalue weighted by Crippen LogP contribution is -2.54.